The lowest BCUT2D eigenvalue weighted by molar-refractivity contribution is -0.131. The van der Waals surface area contributed by atoms with Crippen LogP contribution >= 0.6 is 22.9 Å². The van der Waals surface area contributed by atoms with E-state index in [1.165, 1.54) is 16.2 Å². The maximum Gasteiger partial charge on any atom is 0.248 e. The number of thiazole rings is 1. The van der Waals surface area contributed by atoms with Crippen LogP contribution in [0.1, 0.15) is 12.8 Å². The van der Waals surface area contributed by atoms with Gasteiger partial charge in [-0.3, -0.25) is 9.59 Å². The van der Waals surface area contributed by atoms with Gasteiger partial charge < -0.3 is 10.2 Å². The van der Waals surface area contributed by atoms with Gasteiger partial charge in [-0.05, 0) is 18.6 Å². The molecule has 0 saturated carbocycles. The van der Waals surface area contributed by atoms with Crippen molar-refractivity contribution in [3.05, 3.63) is 34.7 Å². The summed E-state index contributed by atoms with van der Waals surface area (Å²) in [6.07, 6.45) is 0.971. The van der Waals surface area contributed by atoms with Gasteiger partial charge in [0.15, 0.2) is 5.13 Å². The first-order chi connectivity index (χ1) is 10.5. The molecule has 0 spiro atoms. The zero-order valence-electron chi connectivity index (χ0n) is 11.9. The van der Waals surface area contributed by atoms with Crippen molar-refractivity contribution >= 4 is 39.9 Å². The topological polar surface area (TPSA) is 62.3 Å². The maximum absolute atomic E-state index is 12.2. The fourth-order valence-corrected chi connectivity index (χ4v) is 3.23. The summed E-state index contributed by atoms with van der Waals surface area (Å²) in [5.41, 5.74) is 1.72. The van der Waals surface area contributed by atoms with Crippen LogP contribution in [0.5, 0.6) is 0 Å². The number of halogens is 1. The molecule has 114 valence electrons. The molecule has 0 radical (unpaired) electrons. The van der Waals surface area contributed by atoms with E-state index in [2.05, 4.69) is 10.3 Å². The maximum atomic E-state index is 12.2. The highest BCUT2D eigenvalue weighted by atomic mass is 35.5. The molecule has 1 saturated heterocycles. The molecule has 2 amide bonds. The highest BCUT2D eigenvalue weighted by molar-refractivity contribution is 7.14. The molecule has 0 bridgehead atoms. The molecule has 1 fully saturated rings. The number of aromatic nitrogens is 1. The van der Waals surface area contributed by atoms with Crippen LogP contribution in [0.2, 0.25) is 5.02 Å². The highest BCUT2D eigenvalue weighted by Gasteiger charge is 2.33. The third kappa shape index (κ3) is 2.98. The largest absolute Gasteiger partial charge is 0.334 e. The van der Waals surface area contributed by atoms with Gasteiger partial charge in [-0.1, -0.05) is 23.7 Å². The Morgan fingerprint density at radius 2 is 2.14 bits per heavy atom. The zero-order valence-corrected chi connectivity index (χ0v) is 13.4. The van der Waals surface area contributed by atoms with Gasteiger partial charge >= 0.3 is 0 Å². The average Bonchev–Trinajstić information content (AvgIpc) is 3.08. The van der Waals surface area contributed by atoms with E-state index in [0.29, 0.717) is 23.0 Å². The van der Waals surface area contributed by atoms with Crippen molar-refractivity contribution in [3.63, 3.8) is 0 Å². The van der Waals surface area contributed by atoms with E-state index >= 15 is 0 Å². The minimum Gasteiger partial charge on any atom is -0.334 e. The number of hydrogen-bond donors (Lipinski definition) is 1. The Kier molecular flexibility index (Phi) is 4.13. The number of carbonyl (C=O) groups excluding carboxylic acids is 2. The van der Waals surface area contributed by atoms with Crippen LogP contribution < -0.4 is 5.32 Å². The van der Waals surface area contributed by atoms with Gasteiger partial charge in [0, 0.05) is 29.4 Å². The molecule has 1 aromatic carbocycles. The standard InChI is InChI=1S/C15H14ClN3O2S/c1-19-12(6-7-13(19)20)14(21)18-15-17-11(8-22-15)9-2-4-10(16)5-3-9/h2-5,8,12H,6-7H2,1H3,(H,17,18,21). The van der Waals surface area contributed by atoms with E-state index in [0.717, 1.165) is 11.3 Å². The molecule has 2 aromatic rings. The van der Waals surface area contributed by atoms with Gasteiger partial charge in [0.1, 0.15) is 6.04 Å². The van der Waals surface area contributed by atoms with Crippen LogP contribution in [0.4, 0.5) is 5.13 Å². The number of carbonyl (C=O) groups is 2. The summed E-state index contributed by atoms with van der Waals surface area (Å²) in [4.78, 5) is 29.6. The van der Waals surface area contributed by atoms with E-state index in [1.54, 1.807) is 19.2 Å². The van der Waals surface area contributed by atoms with Crippen molar-refractivity contribution in [1.82, 2.24) is 9.88 Å². The summed E-state index contributed by atoms with van der Waals surface area (Å²) >= 11 is 7.22. The fraction of sp³-hybridized carbons (Fsp3) is 0.267. The van der Waals surface area contributed by atoms with E-state index in [9.17, 15) is 9.59 Å². The van der Waals surface area contributed by atoms with Crippen molar-refractivity contribution < 1.29 is 9.59 Å². The van der Waals surface area contributed by atoms with E-state index < -0.39 is 6.04 Å². The van der Waals surface area contributed by atoms with Gasteiger partial charge in [0.05, 0.1) is 5.69 Å². The Bertz CT molecular complexity index is 714. The quantitative estimate of drug-likeness (QED) is 0.937. The van der Waals surface area contributed by atoms with Gasteiger partial charge in [-0.15, -0.1) is 11.3 Å². The second-order valence-corrected chi connectivity index (χ2v) is 6.39. The van der Waals surface area contributed by atoms with Crippen LogP contribution in [0.15, 0.2) is 29.6 Å². The van der Waals surface area contributed by atoms with E-state index in [4.69, 9.17) is 11.6 Å². The minimum absolute atomic E-state index is 0.00106. The van der Waals surface area contributed by atoms with Crippen molar-refractivity contribution in [2.75, 3.05) is 12.4 Å². The average molecular weight is 336 g/mol. The third-order valence-corrected chi connectivity index (χ3v) is 4.68. The van der Waals surface area contributed by atoms with E-state index in [-0.39, 0.29) is 11.8 Å². The molecule has 1 aliphatic heterocycles. The molecule has 3 rings (SSSR count). The number of rotatable bonds is 3. The van der Waals surface area contributed by atoms with Gasteiger partial charge in [-0.25, -0.2) is 4.98 Å². The predicted molar refractivity (Wildman–Crippen MR) is 87.0 cm³/mol. The molecule has 5 nitrogen and oxygen atoms in total. The van der Waals surface area contributed by atoms with Gasteiger partial charge in [0.25, 0.3) is 0 Å². The number of benzene rings is 1. The van der Waals surface area contributed by atoms with Crippen LogP contribution in [-0.2, 0) is 9.59 Å². The highest BCUT2D eigenvalue weighted by Crippen LogP contribution is 2.27. The monoisotopic (exact) mass is 335 g/mol. The lowest BCUT2D eigenvalue weighted by Gasteiger charge is -2.18. The number of likely N-dealkylation sites (tertiary alicyclic amines) is 1. The number of likely N-dealkylation sites (N-methyl/N-ethyl adjacent to an activating group) is 1. The van der Waals surface area contributed by atoms with Crippen molar-refractivity contribution in [1.29, 1.82) is 0 Å². The summed E-state index contributed by atoms with van der Waals surface area (Å²) in [7, 11) is 1.65. The molecule has 1 aliphatic rings. The first kappa shape index (κ1) is 15.0. The van der Waals surface area contributed by atoms with Crippen LogP contribution in [0.25, 0.3) is 11.3 Å². The number of nitrogens with zero attached hydrogens (tertiary/aromatic N) is 2. The van der Waals surface area contributed by atoms with Crippen molar-refractivity contribution in [2.24, 2.45) is 0 Å². The molecule has 1 aromatic heterocycles. The predicted octanol–water partition coefficient (Wildman–Crippen LogP) is 3.02. The SMILES string of the molecule is CN1C(=O)CCC1C(=O)Nc1nc(-c2ccc(Cl)cc2)cs1. The number of amides is 2. The molecular formula is C15H14ClN3O2S. The molecule has 7 heteroatoms. The summed E-state index contributed by atoms with van der Waals surface area (Å²) in [6.45, 7) is 0. The molecule has 22 heavy (non-hydrogen) atoms. The fourth-order valence-electron chi connectivity index (χ4n) is 2.38. The second-order valence-electron chi connectivity index (χ2n) is 5.09. The summed E-state index contributed by atoms with van der Waals surface area (Å²) < 4.78 is 0. The molecule has 1 unspecified atom stereocenters. The molecule has 1 atom stereocenters. The Morgan fingerprint density at radius 1 is 1.41 bits per heavy atom. The molecule has 0 aliphatic carbocycles. The van der Waals surface area contributed by atoms with Crippen LogP contribution in [0, 0.1) is 0 Å². The minimum atomic E-state index is -0.407. The van der Waals surface area contributed by atoms with Crippen molar-refractivity contribution in [3.8, 4) is 11.3 Å². The summed E-state index contributed by atoms with van der Waals surface area (Å²) in [5.74, 6) is -0.188. The Labute approximate surface area is 136 Å². The first-order valence-electron chi connectivity index (χ1n) is 6.82. The number of anilines is 1. The van der Waals surface area contributed by atoms with Gasteiger partial charge in [0.2, 0.25) is 11.8 Å². The third-order valence-electron chi connectivity index (χ3n) is 3.67. The molecule has 2 heterocycles. The molecular weight excluding hydrogens is 322 g/mol. The lowest BCUT2D eigenvalue weighted by atomic mass is 10.2. The second kappa shape index (κ2) is 6.06. The number of nitrogens with one attached hydrogen (secondary N) is 1. The lowest BCUT2D eigenvalue weighted by Crippen LogP contribution is -2.38. The van der Waals surface area contributed by atoms with Crippen LogP contribution in [-0.4, -0.2) is 34.8 Å². The number of hydrogen-bond acceptors (Lipinski definition) is 4. The summed E-state index contributed by atoms with van der Waals surface area (Å²) in [6, 6.07) is 6.95. The normalized spacial score (nSPS) is 17.8. The first-order valence-corrected chi connectivity index (χ1v) is 8.08. The smallest absolute Gasteiger partial charge is 0.248 e. The summed E-state index contributed by atoms with van der Waals surface area (Å²) in [5, 5.41) is 5.86. The van der Waals surface area contributed by atoms with Crippen molar-refractivity contribution in [2.45, 2.75) is 18.9 Å². The zero-order chi connectivity index (χ0) is 15.7. The Balaban J connectivity index is 1.70. The Hall–Kier alpha value is -1.92. The van der Waals surface area contributed by atoms with Gasteiger partial charge in [-0.2, -0.15) is 0 Å². The van der Waals surface area contributed by atoms with E-state index in [1.807, 2.05) is 17.5 Å². The molecule has 1 N–H and O–H groups in total. The Morgan fingerprint density at radius 3 is 2.77 bits per heavy atom. The van der Waals surface area contributed by atoms with Crippen LogP contribution in [0.3, 0.4) is 0 Å².